The molecule has 110 valence electrons. The molecule has 1 saturated carbocycles. The van der Waals surface area contributed by atoms with E-state index in [0.717, 1.165) is 12.8 Å². The zero-order valence-corrected chi connectivity index (χ0v) is 12.9. The third-order valence-electron chi connectivity index (χ3n) is 3.12. The number of carbonyl (C=O) groups is 1. The fourth-order valence-corrected chi connectivity index (χ4v) is 2.59. The largest absolute Gasteiger partial charge is 0.444 e. The van der Waals surface area contributed by atoms with Crippen molar-refractivity contribution in [2.45, 2.75) is 71.1 Å². The van der Waals surface area contributed by atoms with Crippen LogP contribution in [-0.4, -0.2) is 17.9 Å². The topological polar surface area (TPSA) is 64.6 Å². The van der Waals surface area contributed by atoms with Crippen molar-refractivity contribution in [3.8, 4) is 0 Å². The highest BCUT2D eigenvalue weighted by Gasteiger charge is 2.24. The van der Waals surface area contributed by atoms with Crippen molar-refractivity contribution in [1.82, 2.24) is 5.32 Å². The first-order valence-corrected chi connectivity index (χ1v) is 7.62. The summed E-state index contributed by atoms with van der Waals surface area (Å²) in [5, 5.41) is 2.63. The molecule has 0 aromatic heterocycles. The van der Waals surface area contributed by atoms with Gasteiger partial charge in [-0.3, -0.25) is 9.84 Å². The molecule has 1 N–H and O–H groups in total. The van der Waals surface area contributed by atoms with Gasteiger partial charge in [0, 0.05) is 0 Å². The smallest absolute Gasteiger partial charge is 0.409 e. The minimum atomic E-state index is -0.547. The van der Waals surface area contributed by atoms with E-state index >= 15 is 0 Å². The van der Waals surface area contributed by atoms with Crippen LogP contribution in [-0.2, 0) is 13.8 Å². The zero-order valence-electron chi connectivity index (χ0n) is 12.0. The molecule has 1 aliphatic rings. The molecular weight excluding hydrogens is 265 g/mol. The van der Waals surface area contributed by atoms with Gasteiger partial charge in [0.1, 0.15) is 11.8 Å². The Morgan fingerprint density at radius 1 is 1.32 bits per heavy atom. The molecule has 0 saturated heterocycles. The van der Waals surface area contributed by atoms with Gasteiger partial charge >= 0.3 is 14.8 Å². The third kappa shape index (κ3) is 7.48. The third-order valence-corrected chi connectivity index (χ3v) is 3.46. The average molecular weight is 289 g/mol. The van der Waals surface area contributed by atoms with E-state index in [0.29, 0.717) is 12.3 Å². The van der Waals surface area contributed by atoms with Gasteiger partial charge in [-0.1, -0.05) is 32.1 Å². The van der Waals surface area contributed by atoms with Crippen LogP contribution in [0.4, 0.5) is 4.79 Å². The van der Waals surface area contributed by atoms with Gasteiger partial charge in [-0.25, -0.2) is 9.36 Å². The van der Waals surface area contributed by atoms with Crippen molar-refractivity contribution in [2.24, 2.45) is 5.92 Å². The maximum absolute atomic E-state index is 11.7. The predicted molar refractivity (Wildman–Crippen MR) is 73.0 cm³/mol. The molecule has 1 amide bonds. The molecule has 1 aliphatic carbocycles. The Hall–Kier alpha value is -0.670. The SMILES string of the molecule is CC(C)(C)OC(=O)NC(CC1CCCCC1)OP=O. The Morgan fingerprint density at radius 3 is 2.47 bits per heavy atom. The van der Waals surface area contributed by atoms with Crippen LogP contribution in [0.1, 0.15) is 59.3 Å². The summed E-state index contributed by atoms with van der Waals surface area (Å²) in [6.07, 6.45) is 5.62. The van der Waals surface area contributed by atoms with Crippen molar-refractivity contribution >= 4 is 14.8 Å². The second-order valence-electron chi connectivity index (χ2n) is 6.05. The van der Waals surface area contributed by atoms with Gasteiger partial charge in [-0.15, -0.1) is 0 Å². The molecule has 0 radical (unpaired) electrons. The lowest BCUT2D eigenvalue weighted by Gasteiger charge is -2.26. The maximum atomic E-state index is 11.7. The van der Waals surface area contributed by atoms with Crippen LogP contribution in [0.2, 0.25) is 0 Å². The van der Waals surface area contributed by atoms with Crippen LogP contribution in [0.5, 0.6) is 0 Å². The lowest BCUT2D eigenvalue weighted by Crippen LogP contribution is -2.40. The number of alkyl carbamates (subject to hydrolysis) is 1. The summed E-state index contributed by atoms with van der Waals surface area (Å²) in [6, 6.07) is 0. The van der Waals surface area contributed by atoms with Crippen LogP contribution in [0.15, 0.2) is 0 Å². The van der Waals surface area contributed by atoms with Crippen LogP contribution >= 0.6 is 8.69 Å². The van der Waals surface area contributed by atoms with E-state index in [9.17, 15) is 9.36 Å². The van der Waals surface area contributed by atoms with E-state index in [1.165, 1.54) is 19.3 Å². The van der Waals surface area contributed by atoms with Gasteiger partial charge in [0.2, 0.25) is 0 Å². The Kier molecular flexibility index (Phi) is 6.73. The molecule has 0 aromatic carbocycles. The van der Waals surface area contributed by atoms with Gasteiger partial charge in [0.25, 0.3) is 0 Å². The highest BCUT2D eigenvalue weighted by Crippen LogP contribution is 2.28. The standard InChI is InChI=1S/C13H24NO4P/c1-13(2,3)17-12(15)14-11(18-19-16)9-10-7-5-4-6-8-10/h10-11H,4-9H2,1-3H3,(H,14,15). The van der Waals surface area contributed by atoms with Crippen molar-refractivity contribution in [3.63, 3.8) is 0 Å². The van der Waals surface area contributed by atoms with Crippen LogP contribution in [0.25, 0.3) is 0 Å². The fourth-order valence-electron chi connectivity index (χ4n) is 2.34. The molecule has 1 unspecified atom stereocenters. The number of hydrogen-bond donors (Lipinski definition) is 1. The minimum absolute atomic E-state index is 0.418. The van der Waals surface area contributed by atoms with Crippen molar-refractivity contribution in [2.75, 3.05) is 0 Å². The van der Waals surface area contributed by atoms with Crippen LogP contribution in [0.3, 0.4) is 0 Å². The summed E-state index contributed by atoms with van der Waals surface area (Å²) >= 11 is 0. The molecule has 6 heteroatoms. The van der Waals surface area contributed by atoms with Gasteiger partial charge in [0.05, 0.1) is 0 Å². The molecule has 5 nitrogen and oxygen atoms in total. The first kappa shape index (κ1) is 16.4. The van der Waals surface area contributed by atoms with Crippen molar-refractivity contribution in [3.05, 3.63) is 0 Å². The second-order valence-corrected chi connectivity index (χ2v) is 6.41. The summed E-state index contributed by atoms with van der Waals surface area (Å²) < 4.78 is 20.8. The predicted octanol–water partition coefficient (Wildman–Crippen LogP) is 4.03. The summed E-state index contributed by atoms with van der Waals surface area (Å²) in [6.45, 7) is 5.40. The minimum Gasteiger partial charge on any atom is -0.444 e. The zero-order chi connectivity index (χ0) is 14.3. The van der Waals surface area contributed by atoms with E-state index in [4.69, 9.17) is 9.26 Å². The molecule has 1 rings (SSSR count). The number of carbonyl (C=O) groups excluding carboxylic acids is 1. The summed E-state index contributed by atoms with van der Waals surface area (Å²) in [4.78, 5) is 11.7. The molecule has 1 atom stereocenters. The molecule has 0 spiro atoms. The molecule has 0 aromatic rings. The van der Waals surface area contributed by atoms with Crippen LogP contribution in [0, 0.1) is 5.92 Å². The van der Waals surface area contributed by atoms with Gasteiger partial charge in [-0.05, 0) is 33.1 Å². The number of ether oxygens (including phenoxy) is 1. The Morgan fingerprint density at radius 2 is 1.95 bits per heavy atom. The monoisotopic (exact) mass is 289 g/mol. The normalized spacial score (nSPS) is 19.1. The highest BCUT2D eigenvalue weighted by molar-refractivity contribution is 7.17. The number of amides is 1. The summed E-state index contributed by atoms with van der Waals surface area (Å²) in [5.41, 5.74) is -0.547. The summed E-state index contributed by atoms with van der Waals surface area (Å²) in [7, 11) is -0.418. The Labute approximate surface area is 116 Å². The van der Waals surface area contributed by atoms with Gasteiger partial charge < -0.3 is 4.74 Å². The maximum Gasteiger partial charge on any atom is 0.409 e. The molecule has 0 heterocycles. The average Bonchev–Trinajstić information content (AvgIpc) is 2.27. The van der Waals surface area contributed by atoms with Gasteiger partial charge in [0.15, 0.2) is 0 Å². The molecular formula is C13H24NO4P. The lowest BCUT2D eigenvalue weighted by atomic mass is 9.86. The second kappa shape index (κ2) is 7.81. The quantitative estimate of drug-likeness (QED) is 0.613. The highest BCUT2D eigenvalue weighted by atomic mass is 31.1. The first-order valence-electron chi connectivity index (χ1n) is 6.88. The fraction of sp³-hybridized carbons (Fsp3) is 0.923. The molecule has 1 fully saturated rings. The van der Waals surface area contributed by atoms with E-state index < -0.39 is 26.6 Å². The summed E-state index contributed by atoms with van der Waals surface area (Å²) in [5.74, 6) is 0.524. The van der Waals surface area contributed by atoms with Crippen molar-refractivity contribution < 1.29 is 18.6 Å². The van der Waals surface area contributed by atoms with E-state index in [-0.39, 0.29) is 0 Å². The van der Waals surface area contributed by atoms with Crippen LogP contribution < -0.4 is 5.32 Å². The Bertz CT molecular complexity index is 298. The number of rotatable bonds is 5. The molecule has 0 aliphatic heterocycles. The lowest BCUT2D eigenvalue weighted by molar-refractivity contribution is 0.0371. The van der Waals surface area contributed by atoms with E-state index in [2.05, 4.69) is 5.32 Å². The molecule has 19 heavy (non-hydrogen) atoms. The number of hydrogen-bond acceptors (Lipinski definition) is 4. The Balaban J connectivity index is 2.42. The number of nitrogens with one attached hydrogen (secondary N) is 1. The molecule has 0 bridgehead atoms. The first-order chi connectivity index (χ1) is 8.90. The van der Waals surface area contributed by atoms with Crippen molar-refractivity contribution in [1.29, 1.82) is 0 Å². The van der Waals surface area contributed by atoms with Gasteiger partial charge in [-0.2, -0.15) is 0 Å². The van der Waals surface area contributed by atoms with E-state index in [1.807, 2.05) is 0 Å². The van der Waals surface area contributed by atoms with E-state index in [1.54, 1.807) is 20.8 Å².